The predicted octanol–water partition coefficient (Wildman–Crippen LogP) is 5.38. The van der Waals surface area contributed by atoms with Crippen LogP contribution in [0.25, 0.3) is 11.0 Å². The van der Waals surface area contributed by atoms with Crippen LogP contribution in [0.5, 0.6) is 0 Å². The van der Waals surface area contributed by atoms with Crippen molar-refractivity contribution in [3.63, 3.8) is 0 Å². The van der Waals surface area contributed by atoms with E-state index in [1.165, 1.54) is 0 Å². The molecule has 3 heteroatoms. The number of benzene rings is 1. The van der Waals surface area contributed by atoms with E-state index in [1.807, 2.05) is 25.1 Å². The maximum atomic E-state index is 6.07. The number of hydrogen-bond donors (Lipinski definition) is 0. The Balaban J connectivity index is 2.42. The van der Waals surface area contributed by atoms with Gasteiger partial charge in [0.05, 0.1) is 0 Å². The van der Waals surface area contributed by atoms with Crippen LogP contribution in [0.15, 0.2) is 28.7 Å². The first kappa shape index (κ1) is 12.8. The SMILES string of the molecule is CC(Cl)CC(C)(C)c1cc2cc(Cl)ccc2o1. The third kappa shape index (κ3) is 2.78. The zero-order valence-electron chi connectivity index (χ0n) is 10.3. The molecule has 0 aliphatic rings. The number of hydrogen-bond acceptors (Lipinski definition) is 1. The summed E-state index contributed by atoms with van der Waals surface area (Å²) >= 11 is 12.0. The Labute approximate surface area is 112 Å². The summed E-state index contributed by atoms with van der Waals surface area (Å²) in [5.74, 6) is 0.960. The van der Waals surface area contributed by atoms with Gasteiger partial charge in [-0.15, -0.1) is 11.6 Å². The summed E-state index contributed by atoms with van der Waals surface area (Å²) in [7, 11) is 0. The minimum absolute atomic E-state index is 0.0628. The van der Waals surface area contributed by atoms with Crippen LogP contribution in [0, 0.1) is 0 Å². The van der Waals surface area contributed by atoms with Gasteiger partial charge in [-0.3, -0.25) is 0 Å². The third-order valence-electron chi connectivity index (χ3n) is 2.94. The van der Waals surface area contributed by atoms with Crippen LogP contribution < -0.4 is 0 Å². The first-order valence-corrected chi connectivity index (χ1v) is 6.53. The molecular weight excluding hydrogens is 255 g/mol. The normalized spacial score (nSPS) is 14.2. The van der Waals surface area contributed by atoms with Crippen molar-refractivity contribution in [2.45, 2.75) is 38.0 Å². The van der Waals surface area contributed by atoms with Gasteiger partial charge < -0.3 is 4.42 Å². The largest absolute Gasteiger partial charge is 0.461 e. The number of alkyl halides is 1. The van der Waals surface area contributed by atoms with Gasteiger partial charge in [-0.25, -0.2) is 0 Å². The zero-order valence-corrected chi connectivity index (χ0v) is 11.8. The maximum absolute atomic E-state index is 6.07. The number of furan rings is 1. The molecule has 1 unspecified atom stereocenters. The first-order valence-electron chi connectivity index (χ1n) is 5.72. The summed E-state index contributed by atoms with van der Waals surface area (Å²) < 4.78 is 5.87. The van der Waals surface area contributed by atoms with E-state index in [1.54, 1.807) is 0 Å². The van der Waals surface area contributed by atoms with Gasteiger partial charge >= 0.3 is 0 Å². The summed E-state index contributed by atoms with van der Waals surface area (Å²) in [6.07, 6.45) is 0.877. The molecule has 0 aliphatic heterocycles. The molecule has 17 heavy (non-hydrogen) atoms. The van der Waals surface area contributed by atoms with Gasteiger partial charge in [-0.05, 0) is 37.6 Å². The molecule has 1 heterocycles. The molecule has 2 aromatic rings. The lowest BCUT2D eigenvalue weighted by Gasteiger charge is -2.23. The number of rotatable bonds is 3. The molecule has 0 spiro atoms. The monoisotopic (exact) mass is 270 g/mol. The van der Waals surface area contributed by atoms with Crippen molar-refractivity contribution in [2.75, 3.05) is 0 Å². The zero-order chi connectivity index (χ0) is 12.6. The van der Waals surface area contributed by atoms with Crippen LogP contribution >= 0.6 is 23.2 Å². The highest BCUT2D eigenvalue weighted by Gasteiger charge is 2.26. The average Bonchev–Trinajstić information content (AvgIpc) is 2.58. The van der Waals surface area contributed by atoms with E-state index in [-0.39, 0.29) is 10.8 Å². The second-order valence-corrected chi connectivity index (χ2v) is 6.34. The Morgan fingerprint density at radius 1 is 1.29 bits per heavy atom. The van der Waals surface area contributed by atoms with Gasteiger partial charge in [0.25, 0.3) is 0 Å². The molecule has 1 aromatic carbocycles. The highest BCUT2D eigenvalue weighted by atomic mass is 35.5. The topological polar surface area (TPSA) is 13.1 Å². The van der Waals surface area contributed by atoms with E-state index in [0.717, 1.165) is 28.2 Å². The van der Waals surface area contributed by atoms with Gasteiger partial charge in [0.2, 0.25) is 0 Å². The number of halogens is 2. The standard InChI is InChI=1S/C14H16Cl2O/c1-9(15)8-14(2,3)13-7-10-6-11(16)4-5-12(10)17-13/h4-7,9H,8H2,1-3H3. The number of fused-ring (bicyclic) bond motifs is 1. The fourth-order valence-corrected chi connectivity index (χ4v) is 2.72. The smallest absolute Gasteiger partial charge is 0.134 e. The average molecular weight is 271 g/mol. The summed E-state index contributed by atoms with van der Waals surface area (Å²) in [4.78, 5) is 0. The van der Waals surface area contributed by atoms with E-state index in [9.17, 15) is 0 Å². The van der Waals surface area contributed by atoms with Crippen LogP contribution in [0.3, 0.4) is 0 Å². The Hall–Kier alpha value is -0.660. The van der Waals surface area contributed by atoms with Crippen molar-refractivity contribution >= 4 is 34.2 Å². The molecule has 0 saturated heterocycles. The molecule has 1 nitrogen and oxygen atoms in total. The van der Waals surface area contributed by atoms with Gasteiger partial charge in [0.1, 0.15) is 11.3 Å². The van der Waals surface area contributed by atoms with E-state index in [4.69, 9.17) is 27.6 Å². The van der Waals surface area contributed by atoms with E-state index >= 15 is 0 Å². The summed E-state index contributed by atoms with van der Waals surface area (Å²) in [5, 5.41) is 1.90. The molecule has 1 atom stereocenters. The van der Waals surface area contributed by atoms with Crippen molar-refractivity contribution in [2.24, 2.45) is 0 Å². The van der Waals surface area contributed by atoms with E-state index in [2.05, 4.69) is 19.9 Å². The Bertz CT molecular complexity index is 526. The Morgan fingerprint density at radius 2 is 2.00 bits per heavy atom. The third-order valence-corrected chi connectivity index (χ3v) is 3.33. The van der Waals surface area contributed by atoms with E-state index in [0.29, 0.717) is 0 Å². The molecular formula is C14H16Cl2O. The van der Waals surface area contributed by atoms with Gasteiger partial charge in [0, 0.05) is 21.2 Å². The minimum atomic E-state index is -0.0628. The van der Waals surface area contributed by atoms with E-state index < -0.39 is 0 Å². The molecule has 1 aromatic heterocycles. The Kier molecular flexibility index (Phi) is 3.42. The fraction of sp³-hybridized carbons (Fsp3) is 0.429. The molecule has 0 amide bonds. The summed E-state index contributed by atoms with van der Waals surface area (Å²) in [5.41, 5.74) is 0.812. The molecule has 92 valence electrons. The molecule has 0 saturated carbocycles. The van der Waals surface area contributed by atoms with Crippen molar-refractivity contribution < 1.29 is 4.42 Å². The second-order valence-electron chi connectivity index (χ2n) is 5.16. The molecule has 0 bridgehead atoms. The molecule has 0 radical (unpaired) electrons. The van der Waals surface area contributed by atoms with Crippen LogP contribution in [0.1, 0.15) is 33.0 Å². The van der Waals surface area contributed by atoms with Gasteiger partial charge in [0.15, 0.2) is 0 Å². The quantitative estimate of drug-likeness (QED) is 0.683. The minimum Gasteiger partial charge on any atom is -0.461 e. The van der Waals surface area contributed by atoms with Crippen LogP contribution in [-0.4, -0.2) is 5.38 Å². The van der Waals surface area contributed by atoms with Crippen LogP contribution in [0.2, 0.25) is 5.02 Å². The molecule has 0 N–H and O–H groups in total. The summed E-state index contributed by atoms with van der Waals surface area (Å²) in [6.45, 7) is 6.29. The van der Waals surface area contributed by atoms with Crippen molar-refractivity contribution in [1.29, 1.82) is 0 Å². The fourth-order valence-electron chi connectivity index (χ4n) is 2.15. The lowest BCUT2D eigenvalue weighted by atomic mass is 9.85. The predicted molar refractivity (Wildman–Crippen MR) is 74.2 cm³/mol. The maximum Gasteiger partial charge on any atom is 0.134 e. The molecule has 2 rings (SSSR count). The van der Waals surface area contributed by atoms with Crippen LogP contribution in [0.4, 0.5) is 0 Å². The van der Waals surface area contributed by atoms with Gasteiger partial charge in [-0.1, -0.05) is 25.4 Å². The lowest BCUT2D eigenvalue weighted by molar-refractivity contribution is 0.377. The first-order chi connectivity index (χ1) is 7.88. The molecule has 0 fully saturated rings. The second kappa shape index (κ2) is 4.55. The lowest BCUT2D eigenvalue weighted by Crippen LogP contribution is -2.19. The Morgan fingerprint density at radius 3 is 2.65 bits per heavy atom. The van der Waals surface area contributed by atoms with Crippen LogP contribution in [-0.2, 0) is 5.41 Å². The van der Waals surface area contributed by atoms with Crippen molar-refractivity contribution in [1.82, 2.24) is 0 Å². The van der Waals surface area contributed by atoms with Gasteiger partial charge in [-0.2, -0.15) is 0 Å². The van der Waals surface area contributed by atoms with Crippen molar-refractivity contribution in [3.8, 4) is 0 Å². The molecule has 0 aliphatic carbocycles. The highest BCUT2D eigenvalue weighted by molar-refractivity contribution is 6.31. The highest BCUT2D eigenvalue weighted by Crippen LogP contribution is 2.34. The summed E-state index contributed by atoms with van der Waals surface area (Å²) in [6, 6.07) is 7.72. The van der Waals surface area contributed by atoms with Crippen molar-refractivity contribution in [3.05, 3.63) is 35.0 Å².